The topological polar surface area (TPSA) is 152 Å². The zero-order valence-corrected chi connectivity index (χ0v) is 26.2. The molecule has 3 aromatic carbocycles. The predicted molar refractivity (Wildman–Crippen MR) is 176 cm³/mol. The number of aryl methyl sites for hydroxylation is 1. The van der Waals surface area contributed by atoms with Crippen molar-refractivity contribution in [2.75, 3.05) is 28.2 Å². The van der Waals surface area contributed by atoms with E-state index < -0.39 is 26.1 Å². The summed E-state index contributed by atoms with van der Waals surface area (Å²) < 4.78 is 55.4. The van der Waals surface area contributed by atoms with Gasteiger partial charge in [-0.2, -0.15) is 9.57 Å². The van der Waals surface area contributed by atoms with Gasteiger partial charge in [0.15, 0.2) is 0 Å². The number of rotatable bonds is 7. The summed E-state index contributed by atoms with van der Waals surface area (Å²) in [5.74, 6) is 0.355. The number of aliphatic imine (C=N–C) groups is 1. The van der Waals surface area contributed by atoms with Gasteiger partial charge >= 0.3 is 0 Å². The van der Waals surface area contributed by atoms with Crippen molar-refractivity contribution in [2.24, 2.45) is 4.99 Å². The molecular formula is C32H33N7O4S2. The third kappa shape index (κ3) is 8.04. The third-order valence-corrected chi connectivity index (χ3v) is 10.4. The summed E-state index contributed by atoms with van der Waals surface area (Å²) in [5, 5.41) is 12.5. The van der Waals surface area contributed by atoms with Crippen LogP contribution < -0.4 is 9.62 Å². The molecule has 2 aliphatic rings. The Morgan fingerprint density at radius 2 is 1.80 bits per heavy atom. The number of aromatic nitrogens is 2. The first kappa shape index (κ1) is 31.6. The lowest BCUT2D eigenvalue weighted by atomic mass is 10.1. The Labute approximate surface area is 263 Å². The number of nitrogens with one attached hydrogen (secondary N) is 2. The Kier molecular flexibility index (Phi) is 9.77. The standard InChI is InChI=1S/C23H25N5O4S2.C9H8N2/c1-33(29,30)27-16-20-13-19(15-24)7-8-22(20)28(17-21(27)14-18-5-3-2-4-6-18)34(31,32)12-9-23-25-10-11-26-23;1-2-4-9-8(3-1)7-10-5-6-11-9/h2-8,10-11,13,21H,9,12,14,16-17H2,1H3,(H,25,26);1-7,11H/t21-;/m1./s1. The molecule has 11 nitrogen and oxygen atoms in total. The van der Waals surface area contributed by atoms with E-state index in [0.717, 1.165) is 23.1 Å². The third-order valence-electron chi connectivity index (χ3n) is 7.39. The Morgan fingerprint density at radius 1 is 1.02 bits per heavy atom. The minimum Gasteiger partial charge on any atom is -0.360 e. The molecule has 2 aliphatic heterocycles. The van der Waals surface area contributed by atoms with Crippen LogP contribution in [0, 0.1) is 11.3 Å². The van der Waals surface area contributed by atoms with Crippen LogP contribution in [-0.2, 0) is 39.4 Å². The number of para-hydroxylation sites is 1. The Balaban J connectivity index is 0.000000304. The van der Waals surface area contributed by atoms with Crippen LogP contribution in [0.15, 0.2) is 103 Å². The number of anilines is 2. The van der Waals surface area contributed by atoms with Crippen molar-refractivity contribution < 1.29 is 16.8 Å². The van der Waals surface area contributed by atoms with E-state index in [9.17, 15) is 22.1 Å². The van der Waals surface area contributed by atoms with Gasteiger partial charge in [0.2, 0.25) is 20.0 Å². The molecule has 1 atom stereocenters. The van der Waals surface area contributed by atoms with E-state index in [1.54, 1.807) is 36.8 Å². The van der Waals surface area contributed by atoms with Gasteiger partial charge < -0.3 is 10.3 Å². The zero-order valence-electron chi connectivity index (χ0n) is 24.6. The number of hydrogen-bond donors (Lipinski definition) is 2. The molecule has 0 spiro atoms. The van der Waals surface area contributed by atoms with E-state index in [4.69, 9.17) is 0 Å². The molecule has 0 radical (unpaired) electrons. The lowest BCUT2D eigenvalue weighted by Crippen LogP contribution is -2.47. The largest absolute Gasteiger partial charge is 0.360 e. The maximum Gasteiger partial charge on any atom is 0.235 e. The van der Waals surface area contributed by atoms with Gasteiger partial charge in [0.1, 0.15) is 5.82 Å². The van der Waals surface area contributed by atoms with Crippen LogP contribution in [-0.4, -0.2) is 61.9 Å². The van der Waals surface area contributed by atoms with Gasteiger partial charge in [-0.25, -0.2) is 21.8 Å². The van der Waals surface area contributed by atoms with Crippen LogP contribution in [0.4, 0.5) is 11.4 Å². The number of nitrogens with zero attached hydrogens (tertiary/aromatic N) is 5. The maximum absolute atomic E-state index is 13.6. The normalized spacial score (nSPS) is 16.2. The Morgan fingerprint density at radius 3 is 2.53 bits per heavy atom. The van der Waals surface area contributed by atoms with E-state index >= 15 is 0 Å². The number of aromatic amines is 1. The average Bonchev–Trinajstić information content (AvgIpc) is 3.36. The molecule has 3 heterocycles. The maximum atomic E-state index is 13.6. The van der Waals surface area contributed by atoms with Crippen molar-refractivity contribution in [1.29, 1.82) is 5.26 Å². The minimum atomic E-state index is -3.84. The first-order chi connectivity index (χ1) is 21.6. The van der Waals surface area contributed by atoms with Gasteiger partial charge in [-0.3, -0.25) is 9.30 Å². The summed E-state index contributed by atoms with van der Waals surface area (Å²) in [7, 11) is -7.52. The molecule has 6 rings (SSSR count). The van der Waals surface area contributed by atoms with Crippen molar-refractivity contribution in [1.82, 2.24) is 14.3 Å². The van der Waals surface area contributed by atoms with E-state index in [2.05, 4.69) is 26.3 Å². The molecule has 0 aliphatic carbocycles. The van der Waals surface area contributed by atoms with Crippen molar-refractivity contribution in [3.63, 3.8) is 0 Å². The van der Waals surface area contributed by atoms with Crippen LogP contribution in [0.1, 0.15) is 28.1 Å². The fourth-order valence-corrected chi connectivity index (χ4v) is 7.82. The SMILES string of the molecule is C1=CNc2ccccc2C=N1.CS(=O)(=O)N1Cc2cc(C#N)ccc2N(S(=O)(=O)CCc2ncc[nH]2)C[C@H]1Cc1ccccc1. The molecule has 0 fully saturated rings. The molecular weight excluding hydrogens is 611 g/mol. The van der Waals surface area contributed by atoms with Crippen LogP contribution in [0.5, 0.6) is 0 Å². The second kappa shape index (κ2) is 13.9. The molecule has 0 saturated heterocycles. The van der Waals surface area contributed by atoms with Gasteiger partial charge in [0.05, 0.1) is 35.9 Å². The lowest BCUT2D eigenvalue weighted by molar-refractivity contribution is 0.324. The van der Waals surface area contributed by atoms with E-state index in [0.29, 0.717) is 29.1 Å². The summed E-state index contributed by atoms with van der Waals surface area (Å²) >= 11 is 0. The molecule has 0 unspecified atom stereocenters. The molecule has 0 saturated carbocycles. The van der Waals surface area contributed by atoms with Crippen molar-refractivity contribution in [3.8, 4) is 6.07 Å². The summed E-state index contributed by atoms with van der Waals surface area (Å²) in [6.45, 7) is -0.0628. The molecule has 4 aromatic rings. The fraction of sp³-hybridized carbons (Fsp3) is 0.219. The highest BCUT2D eigenvalue weighted by Gasteiger charge is 2.37. The van der Waals surface area contributed by atoms with Gasteiger partial charge in [-0.15, -0.1) is 0 Å². The average molecular weight is 644 g/mol. The summed E-state index contributed by atoms with van der Waals surface area (Å²) in [6.07, 6.45) is 10.3. The Bertz CT molecular complexity index is 1940. The molecule has 13 heteroatoms. The first-order valence-corrected chi connectivity index (χ1v) is 17.7. The molecule has 2 N–H and O–H groups in total. The lowest BCUT2D eigenvalue weighted by Gasteiger charge is -2.31. The van der Waals surface area contributed by atoms with Crippen LogP contribution >= 0.6 is 0 Å². The second-order valence-corrected chi connectivity index (χ2v) is 14.5. The van der Waals surface area contributed by atoms with Crippen LogP contribution in [0.25, 0.3) is 0 Å². The predicted octanol–water partition coefficient (Wildman–Crippen LogP) is 4.05. The van der Waals surface area contributed by atoms with Crippen LogP contribution in [0.2, 0.25) is 0 Å². The quantitative estimate of drug-likeness (QED) is 0.308. The highest BCUT2D eigenvalue weighted by atomic mass is 32.2. The number of H-pyrrole nitrogens is 1. The highest BCUT2D eigenvalue weighted by molar-refractivity contribution is 7.92. The van der Waals surface area contributed by atoms with Gasteiger partial charge in [0.25, 0.3) is 0 Å². The number of imidazole rings is 1. The highest BCUT2D eigenvalue weighted by Crippen LogP contribution is 2.33. The Hall–Kier alpha value is -4.77. The number of hydrogen-bond acceptors (Lipinski definition) is 8. The monoisotopic (exact) mass is 643 g/mol. The number of fused-ring (bicyclic) bond motifs is 2. The van der Waals surface area contributed by atoms with Crippen molar-refractivity contribution in [3.05, 3.63) is 126 Å². The van der Waals surface area contributed by atoms with Gasteiger partial charge in [0, 0.05) is 61.3 Å². The first-order valence-electron chi connectivity index (χ1n) is 14.2. The van der Waals surface area contributed by atoms with Gasteiger partial charge in [-0.1, -0.05) is 48.5 Å². The zero-order chi connectivity index (χ0) is 31.9. The second-order valence-electron chi connectivity index (χ2n) is 10.6. The number of sulfonamides is 2. The molecule has 45 heavy (non-hydrogen) atoms. The molecule has 1 aromatic heterocycles. The fourth-order valence-electron chi connectivity index (χ4n) is 5.21. The minimum absolute atomic E-state index is 0.0224. The molecule has 0 bridgehead atoms. The van der Waals surface area contributed by atoms with E-state index in [1.807, 2.05) is 67.0 Å². The molecule has 0 amide bonds. The van der Waals surface area contributed by atoms with Crippen molar-refractivity contribution in [2.45, 2.75) is 25.4 Å². The molecule has 232 valence electrons. The summed E-state index contributed by atoms with van der Waals surface area (Å²) in [4.78, 5) is 11.1. The smallest absolute Gasteiger partial charge is 0.235 e. The summed E-state index contributed by atoms with van der Waals surface area (Å²) in [5.41, 5.74) is 4.33. The van der Waals surface area contributed by atoms with Gasteiger partial charge in [-0.05, 0) is 41.8 Å². The van der Waals surface area contributed by atoms with E-state index in [1.165, 1.54) is 8.61 Å². The van der Waals surface area contributed by atoms with E-state index in [-0.39, 0.29) is 25.3 Å². The number of nitriles is 1. The summed E-state index contributed by atoms with van der Waals surface area (Å²) in [6, 6.07) is 23.5. The van der Waals surface area contributed by atoms with Crippen molar-refractivity contribution >= 4 is 37.6 Å². The number of benzene rings is 3. The van der Waals surface area contributed by atoms with Crippen LogP contribution in [0.3, 0.4) is 0 Å².